The van der Waals surface area contributed by atoms with Gasteiger partial charge >= 0.3 is 0 Å². The van der Waals surface area contributed by atoms with Crippen LogP contribution in [-0.2, 0) is 4.74 Å². The molecular formula is C16H32N2O. The molecule has 0 unspecified atom stereocenters. The zero-order valence-corrected chi connectivity index (χ0v) is 12.7. The maximum Gasteiger partial charge on any atom is 0.0599 e. The molecule has 2 N–H and O–H groups in total. The lowest BCUT2D eigenvalue weighted by molar-refractivity contribution is 0.0315. The zero-order chi connectivity index (χ0) is 13.4. The van der Waals surface area contributed by atoms with Crippen LogP contribution in [0.4, 0.5) is 0 Å². The molecule has 0 atom stereocenters. The van der Waals surface area contributed by atoms with Gasteiger partial charge in [-0.2, -0.15) is 0 Å². The van der Waals surface area contributed by atoms with E-state index in [4.69, 9.17) is 4.74 Å². The van der Waals surface area contributed by atoms with Crippen molar-refractivity contribution < 1.29 is 4.74 Å². The molecule has 112 valence electrons. The normalized spacial score (nSPS) is 23.8. The van der Waals surface area contributed by atoms with Crippen LogP contribution in [-0.4, -0.2) is 38.9 Å². The summed E-state index contributed by atoms with van der Waals surface area (Å²) in [5, 5.41) is 7.04. The molecule has 0 radical (unpaired) electrons. The number of nitrogens with one attached hydrogen (secondary N) is 2. The Morgan fingerprint density at radius 1 is 1.21 bits per heavy atom. The minimum atomic E-state index is 0.512. The van der Waals surface area contributed by atoms with E-state index in [0.717, 1.165) is 32.7 Å². The molecule has 0 amide bonds. The van der Waals surface area contributed by atoms with Gasteiger partial charge in [0.05, 0.1) is 6.10 Å². The van der Waals surface area contributed by atoms with Crippen LogP contribution in [0.15, 0.2) is 0 Å². The van der Waals surface area contributed by atoms with Crippen molar-refractivity contribution >= 4 is 0 Å². The minimum Gasteiger partial charge on any atom is -0.378 e. The summed E-state index contributed by atoms with van der Waals surface area (Å²) in [6.07, 6.45) is 11.1. The zero-order valence-electron chi connectivity index (χ0n) is 12.7. The third-order valence-electron chi connectivity index (χ3n) is 5.05. The van der Waals surface area contributed by atoms with Gasteiger partial charge in [0.25, 0.3) is 0 Å². The van der Waals surface area contributed by atoms with E-state index < -0.39 is 0 Å². The number of ether oxygens (including phenoxy) is 1. The lowest BCUT2D eigenvalue weighted by Gasteiger charge is -2.28. The maximum atomic E-state index is 5.93. The molecule has 2 rings (SSSR count). The van der Waals surface area contributed by atoms with Crippen LogP contribution in [0.25, 0.3) is 0 Å². The largest absolute Gasteiger partial charge is 0.378 e. The number of rotatable bonds is 8. The third kappa shape index (κ3) is 5.05. The number of hydrogen-bond acceptors (Lipinski definition) is 3. The predicted octanol–water partition coefficient (Wildman–Crippen LogP) is 2.71. The summed E-state index contributed by atoms with van der Waals surface area (Å²) < 4.78 is 5.93. The lowest BCUT2D eigenvalue weighted by atomic mass is 9.83. The predicted molar refractivity (Wildman–Crippen MR) is 80.5 cm³/mol. The average Bonchev–Trinajstić information content (AvgIpc) is 2.93. The molecule has 2 aliphatic rings. The third-order valence-corrected chi connectivity index (χ3v) is 5.05. The monoisotopic (exact) mass is 268 g/mol. The van der Waals surface area contributed by atoms with Crippen LogP contribution in [0.2, 0.25) is 0 Å². The molecule has 1 saturated carbocycles. The van der Waals surface area contributed by atoms with Crippen LogP contribution in [0.5, 0.6) is 0 Å². The average molecular weight is 268 g/mol. The molecule has 0 bridgehead atoms. The van der Waals surface area contributed by atoms with Gasteiger partial charge < -0.3 is 15.4 Å². The van der Waals surface area contributed by atoms with Crippen LogP contribution >= 0.6 is 0 Å². The first kappa shape index (κ1) is 15.3. The summed E-state index contributed by atoms with van der Waals surface area (Å²) in [4.78, 5) is 0. The standard InChI is InChI=1S/C16H32N2O/c1-2-16(8-3-4-9-16)14-18-10-5-13-19-15-6-11-17-12-7-15/h15,17-18H,2-14H2,1H3. The summed E-state index contributed by atoms with van der Waals surface area (Å²) >= 11 is 0. The van der Waals surface area contributed by atoms with Gasteiger partial charge in [-0.15, -0.1) is 0 Å². The topological polar surface area (TPSA) is 33.3 Å². The molecule has 1 saturated heterocycles. The minimum absolute atomic E-state index is 0.512. The Labute approximate surface area is 118 Å². The van der Waals surface area contributed by atoms with Gasteiger partial charge in [-0.25, -0.2) is 0 Å². The summed E-state index contributed by atoms with van der Waals surface area (Å²) in [6.45, 7) is 7.87. The van der Waals surface area contributed by atoms with Crippen molar-refractivity contribution in [2.45, 2.75) is 64.4 Å². The van der Waals surface area contributed by atoms with Crippen LogP contribution < -0.4 is 10.6 Å². The molecule has 2 fully saturated rings. The molecule has 1 aliphatic heterocycles. The SMILES string of the molecule is CCC1(CNCCCOC2CCNCC2)CCCC1. The molecule has 1 aliphatic carbocycles. The molecule has 1 heterocycles. The van der Waals surface area contributed by atoms with E-state index in [9.17, 15) is 0 Å². The molecule has 0 aromatic rings. The second-order valence-corrected chi connectivity index (χ2v) is 6.41. The fourth-order valence-electron chi connectivity index (χ4n) is 3.54. The fraction of sp³-hybridized carbons (Fsp3) is 1.00. The quantitative estimate of drug-likeness (QED) is 0.664. The van der Waals surface area contributed by atoms with Crippen LogP contribution in [0.3, 0.4) is 0 Å². The molecule has 19 heavy (non-hydrogen) atoms. The van der Waals surface area contributed by atoms with Gasteiger partial charge in [0.15, 0.2) is 0 Å². The Kier molecular flexibility index (Phi) is 6.62. The van der Waals surface area contributed by atoms with Gasteiger partial charge in [-0.3, -0.25) is 0 Å². The molecule has 3 nitrogen and oxygen atoms in total. The first-order valence-corrected chi connectivity index (χ1v) is 8.38. The maximum absolute atomic E-state index is 5.93. The summed E-state index contributed by atoms with van der Waals surface area (Å²) in [6, 6.07) is 0. The van der Waals surface area contributed by atoms with Crippen LogP contribution in [0, 0.1) is 5.41 Å². The number of hydrogen-bond donors (Lipinski definition) is 2. The molecule has 3 heteroatoms. The van der Waals surface area contributed by atoms with Crippen molar-refractivity contribution in [3.8, 4) is 0 Å². The summed E-state index contributed by atoms with van der Waals surface area (Å²) in [7, 11) is 0. The van der Waals surface area contributed by atoms with Gasteiger partial charge in [0, 0.05) is 13.2 Å². The number of piperidine rings is 1. The van der Waals surface area contributed by atoms with Gasteiger partial charge in [-0.1, -0.05) is 19.8 Å². The highest BCUT2D eigenvalue weighted by Crippen LogP contribution is 2.40. The molecular weight excluding hydrogens is 236 g/mol. The van der Waals surface area contributed by atoms with Crippen molar-refractivity contribution in [3.63, 3.8) is 0 Å². The molecule has 0 spiro atoms. The lowest BCUT2D eigenvalue weighted by Crippen LogP contribution is -2.34. The Morgan fingerprint density at radius 2 is 1.95 bits per heavy atom. The highest BCUT2D eigenvalue weighted by molar-refractivity contribution is 4.85. The van der Waals surface area contributed by atoms with Crippen LogP contribution in [0.1, 0.15) is 58.3 Å². The highest BCUT2D eigenvalue weighted by Gasteiger charge is 2.31. The Bertz CT molecular complexity index is 233. The van der Waals surface area contributed by atoms with E-state index in [1.165, 1.54) is 51.5 Å². The van der Waals surface area contributed by atoms with E-state index >= 15 is 0 Å². The Hall–Kier alpha value is -0.120. The van der Waals surface area contributed by atoms with Gasteiger partial charge in [0.1, 0.15) is 0 Å². The van der Waals surface area contributed by atoms with E-state index in [0.29, 0.717) is 11.5 Å². The van der Waals surface area contributed by atoms with E-state index in [1.54, 1.807) is 0 Å². The van der Waals surface area contributed by atoms with Crippen molar-refractivity contribution in [1.29, 1.82) is 0 Å². The first-order valence-electron chi connectivity index (χ1n) is 8.38. The van der Waals surface area contributed by atoms with Crippen molar-refractivity contribution in [2.75, 3.05) is 32.8 Å². The van der Waals surface area contributed by atoms with Crippen molar-refractivity contribution in [2.24, 2.45) is 5.41 Å². The molecule has 0 aromatic heterocycles. The van der Waals surface area contributed by atoms with Gasteiger partial charge in [0.2, 0.25) is 0 Å². The fourth-order valence-corrected chi connectivity index (χ4v) is 3.54. The summed E-state index contributed by atoms with van der Waals surface area (Å²) in [5.41, 5.74) is 0.621. The van der Waals surface area contributed by atoms with E-state index in [-0.39, 0.29) is 0 Å². The Morgan fingerprint density at radius 3 is 2.63 bits per heavy atom. The first-order chi connectivity index (χ1) is 9.35. The summed E-state index contributed by atoms with van der Waals surface area (Å²) in [5.74, 6) is 0. The van der Waals surface area contributed by atoms with Gasteiger partial charge in [-0.05, 0) is 63.6 Å². The highest BCUT2D eigenvalue weighted by atomic mass is 16.5. The van der Waals surface area contributed by atoms with E-state index in [2.05, 4.69) is 17.6 Å². The second-order valence-electron chi connectivity index (χ2n) is 6.41. The molecule has 0 aromatic carbocycles. The van der Waals surface area contributed by atoms with Crippen molar-refractivity contribution in [3.05, 3.63) is 0 Å². The smallest absolute Gasteiger partial charge is 0.0599 e. The second kappa shape index (κ2) is 8.23. The van der Waals surface area contributed by atoms with Crippen molar-refractivity contribution in [1.82, 2.24) is 10.6 Å². The van der Waals surface area contributed by atoms with E-state index in [1.807, 2.05) is 0 Å². The Balaban J connectivity index is 1.47.